The van der Waals surface area contributed by atoms with Crippen LogP contribution in [0.2, 0.25) is 0 Å². The van der Waals surface area contributed by atoms with Crippen molar-refractivity contribution in [2.24, 2.45) is 0 Å². The minimum atomic E-state index is -0.217. The summed E-state index contributed by atoms with van der Waals surface area (Å²) in [5.41, 5.74) is 3.27. The smallest absolute Gasteiger partial charge is 0.137 e. The predicted molar refractivity (Wildman–Crippen MR) is 86.8 cm³/mol. The van der Waals surface area contributed by atoms with Gasteiger partial charge in [-0.2, -0.15) is 0 Å². The number of anilines is 1. The van der Waals surface area contributed by atoms with Gasteiger partial charge in [-0.15, -0.1) is 0 Å². The highest BCUT2D eigenvalue weighted by molar-refractivity contribution is 9.10. The Kier molecular flexibility index (Phi) is 5.18. The lowest BCUT2D eigenvalue weighted by Crippen LogP contribution is -2.07. The molecule has 0 heterocycles. The molecule has 0 aliphatic carbocycles. The Hall–Kier alpha value is -1.35. The fourth-order valence-electron chi connectivity index (χ4n) is 2.21. The molecule has 1 N–H and O–H groups in total. The Morgan fingerprint density at radius 3 is 2.60 bits per heavy atom. The van der Waals surface area contributed by atoms with E-state index in [9.17, 15) is 4.39 Å². The molecule has 2 aromatic carbocycles. The van der Waals surface area contributed by atoms with Gasteiger partial charge in [0.25, 0.3) is 0 Å². The molecule has 0 radical (unpaired) electrons. The first-order chi connectivity index (χ1) is 9.58. The van der Waals surface area contributed by atoms with E-state index < -0.39 is 0 Å². The first-order valence-electron chi connectivity index (χ1n) is 6.82. The van der Waals surface area contributed by atoms with Crippen LogP contribution in [0.5, 0.6) is 0 Å². The van der Waals surface area contributed by atoms with Crippen molar-refractivity contribution in [3.8, 4) is 0 Å². The molecule has 1 nitrogen and oxygen atoms in total. The van der Waals surface area contributed by atoms with Crippen molar-refractivity contribution in [2.75, 3.05) is 11.9 Å². The van der Waals surface area contributed by atoms with Crippen LogP contribution in [-0.2, 0) is 0 Å². The third-order valence-corrected chi connectivity index (χ3v) is 4.14. The van der Waals surface area contributed by atoms with Crippen LogP contribution in [0.25, 0.3) is 0 Å². The van der Waals surface area contributed by atoms with Gasteiger partial charge in [0.15, 0.2) is 0 Å². The molecule has 3 heteroatoms. The summed E-state index contributed by atoms with van der Waals surface area (Å²) in [6.07, 6.45) is 1.04. The molecule has 1 atom stereocenters. The van der Waals surface area contributed by atoms with E-state index in [2.05, 4.69) is 52.4 Å². The summed E-state index contributed by atoms with van der Waals surface area (Å²) in [6.45, 7) is 5.01. The molecule has 0 aliphatic rings. The van der Waals surface area contributed by atoms with Gasteiger partial charge < -0.3 is 5.32 Å². The van der Waals surface area contributed by atoms with Gasteiger partial charge in [0.05, 0.1) is 4.47 Å². The number of nitrogens with one attached hydrogen (secondary N) is 1. The highest BCUT2D eigenvalue weighted by Crippen LogP contribution is 2.25. The molecule has 0 spiro atoms. The fourth-order valence-corrected chi connectivity index (χ4v) is 2.55. The highest BCUT2D eigenvalue weighted by Gasteiger charge is 2.07. The number of aryl methyl sites for hydroxylation is 1. The van der Waals surface area contributed by atoms with Gasteiger partial charge in [-0.25, -0.2) is 4.39 Å². The molecule has 0 bridgehead atoms. The van der Waals surface area contributed by atoms with Gasteiger partial charge in [0, 0.05) is 12.2 Å². The fraction of sp³-hybridized carbons (Fsp3) is 0.294. The molecule has 20 heavy (non-hydrogen) atoms. The lowest BCUT2D eigenvalue weighted by Gasteiger charge is -2.14. The molecular formula is C17H19BrFN. The van der Waals surface area contributed by atoms with E-state index in [4.69, 9.17) is 0 Å². The molecule has 106 valence electrons. The zero-order valence-corrected chi connectivity index (χ0v) is 13.4. The molecule has 0 saturated carbocycles. The zero-order chi connectivity index (χ0) is 14.5. The van der Waals surface area contributed by atoms with Crippen molar-refractivity contribution in [2.45, 2.75) is 26.2 Å². The van der Waals surface area contributed by atoms with Gasteiger partial charge in [0.2, 0.25) is 0 Å². The standard InChI is InChI=1S/C17H19BrFN/c1-12(14-6-4-3-5-7-14)8-9-20-17-11-15(18)16(19)10-13(17)2/h3-7,10-12,20H,8-9H2,1-2H3. The second-order valence-corrected chi connectivity index (χ2v) is 5.96. The number of hydrogen-bond donors (Lipinski definition) is 1. The van der Waals surface area contributed by atoms with E-state index in [1.165, 1.54) is 5.56 Å². The summed E-state index contributed by atoms with van der Waals surface area (Å²) in [5.74, 6) is 0.290. The lowest BCUT2D eigenvalue weighted by atomic mass is 9.98. The van der Waals surface area contributed by atoms with Crippen LogP contribution in [0.4, 0.5) is 10.1 Å². The van der Waals surface area contributed by atoms with E-state index in [1.807, 2.05) is 13.0 Å². The monoisotopic (exact) mass is 335 g/mol. The molecule has 0 aromatic heterocycles. The third-order valence-electron chi connectivity index (χ3n) is 3.53. The Bertz CT molecular complexity index is 569. The first-order valence-corrected chi connectivity index (χ1v) is 7.61. The number of benzene rings is 2. The van der Waals surface area contributed by atoms with Crippen LogP contribution in [0.3, 0.4) is 0 Å². The molecule has 2 aromatic rings. The molecule has 2 rings (SSSR count). The van der Waals surface area contributed by atoms with Gasteiger partial charge in [-0.1, -0.05) is 37.3 Å². The number of hydrogen-bond acceptors (Lipinski definition) is 1. The summed E-state index contributed by atoms with van der Waals surface area (Å²) < 4.78 is 13.9. The normalized spacial score (nSPS) is 12.2. The second-order valence-electron chi connectivity index (χ2n) is 5.11. The minimum absolute atomic E-state index is 0.217. The maximum Gasteiger partial charge on any atom is 0.137 e. The summed E-state index contributed by atoms with van der Waals surface area (Å²) in [7, 11) is 0. The summed E-state index contributed by atoms with van der Waals surface area (Å²) in [4.78, 5) is 0. The van der Waals surface area contributed by atoms with Crippen LogP contribution in [0, 0.1) is 12.7 Å². The van der Waals surface area contributed by atoms with Gasteiger partial charge in [-0.3, -0.25) is 0 Å². The highest BCUT2D eigenvalue weighted by atomic mass is 79.9. The molecule has 0 amide bonds. The van der Waals surface area contributed by atoms with Crippen LogP contribution < -0.4 is 5.32 Å². The van der Waals surface area contributed by atoms with E-state index in [0.29, 0.717) is 10.4 Å². The number of halogens is 2. The Balaban J connectivity index is 1.92. The van der Waals surface area contributed by atoms with Crippen molar-refractivity contribution in [3.05, 3.63) is 63.9 Å². The first kappa shape index (κ1) is 15.0. The topological polar surface area (TPSA) is 12.0 Å². The molecule has 0 fully saturated rings. The van der Waals surface area contributed by atoms with Crippen LogP contribution in [-0.4, -0.2) is 6.54 Å². The SMILES string of the molecule is Cc1cc(F)c(Br)cc1NCCC(C)c1ccccc1. The predicted octanol–water partition coefficient (Wildman–Crippen LogP) is 5.50. The van der Waals surface area contributed by atoms with Crippen LogP contribution in [0.1, 0.15) is 30.4 Å². The third kappa shape index (κ3) is 3.83. The van der Waals surface area contributed by atoms with E-state index in [1.54, 1.807) is 12.1 Å². The summed E-state index contributed by atoms with van der Waals surface area (Å²) in [6, 6.07) is 13.8. The molecule has 0 aliphatic heterocycles. The molecule has 1 unspecified atom stereocenters. The van der Waals surface area contributed by atoms with Crippen molar-refractivity contribution in [1.29, 1.82) is 0 Å². The largest absolute Gasteiger partial charge is 0.385 e. The van der Waals surface area contributed by atoms with Crippen molar-refractivity contribution in [1.82, 2.24) is 0 Å². The Morgan fingerprint density at radius 2 is 1.90 bits per heavy atom. The summed E-state index contributed by atoms with van der Waals surface area (Å²) in [5, 5.41) is 3.38. The quantitative estimate of drug-likeness (QED) is 0.760. The van der Waals surface area contributed by atoms with E-state index in [0.717, 1.165) is 24.2 Å². The second kappa shape index (κ2) is 6.89. The average molecular weight is 336 g/mol. The van der Waals surface area contributed by atoms with Crippen LogP contribution in [0.15, 0.2) is 46.9 Å². The number of rotatable bonds is 5. The minimum Gasteiger partial charge on any atom is -0.385 e. The lowest BCUT2D eigenvalue weighted by molar-refractivity contribution is 0.620. The zero-order valence-electron chi connectivity index (χ0n) is 11.8. The van der Waals surface area contributed by atoms with Gasteiger partial charge in [-0.05, 0) is 58.5 Å². The van der Waals surface area contributed by atoms with Gasteiger partial charge in [0.1, 0.15) is 5.82 Å². The summed E-state index contributed by atoms with van der Waals surface area (Å²) >= 11 is 3.22. The van der Waals surface area contributed by atoms with Gasteiger partial charge >= 0.3 is 0 Å². The van der Waals surface area contributed by atoms with E-state index >= 15 is 0 Å². The Morgan fingerprint density at radius 1 is 1.20 bits per heavy atom. The maximum atomic E-state index is 13.4. The van der Waals surface area contributed by atoms with Crippen LogP contribution >= 0.6 is 15.9 Å². The van der Waals surface area contributed by atoms with Crippen molar-refractivity contribution in [3.63, 3.8) is 0 Å². The maximum absolute atomic E-state index is 13.4. The molecular weight excluding hydrogens is 317 g/mol. The van der Waals surface area contributed by atoms with Crippen molar-refractivity contribution < 1.29 is 4.39 Å². The van der Waals surface area contributed by atoms with Crippen molar-refractivity contribution >= 4 is 21.6 Å². The average Bonchev–Trinajstić information content (AvgIpc) is 2.45. The Labute approximate surface area is 128 Å². The van der Waals surface area contributed by atoms with E-state index in [-0.39, 0.29) is 5.82 Å². The molecule has 0 saturated heterocycles.